The number of carbonyl (C=O) groups excluding carboxylic acids is 1. The summed E-state index contributed by atoms with van der Waals surface area (Å²) in [6, 6.07) is 0. The van der Waals surface area contributed by atoms with E-state index in [9.17, 15) is 9.59 Å². The summed E-state index contributed by atoms with van der Waals surface area (Å²) in [5, 5.41) is 11.7. The molecule has 0 saturated carbocycles. The van der Waals surface area contributed by atoms with E-state index in [0.717, 1.165) is 38.6 Å². The molecule has 0 aromatic heterocycles. The van der Waals surface area contributed by atoms with E-state index < -0.39 is 5.97 Å². The van der Waals surface area contributed by atoms with Gasteiger partial charge in [0.25, 0.3) is 0 Å². The van der Waals surface area contributed by atoms with Crippen LogP contribution in [-0.4, -0.2) is 28.9 Å². The van der Waals surface area contributed by atoms with Crippen molar-refractivity contribution in [3.8, 4) is 0 Å². The zero-order chi connectivity index (χ0) is 13.6. The summed E-state index contributed by atoms with van der Waals surface area (Å²) in [7, 11) is 0. The van der Waals surface area contributed by atoms with Crippen LogP contribution in [0, 0.1) is 0 Å². The molecule has 0 aromatic rings. The van der Waals surface area contributed by atoms with Gasteiger partial charge in [-0.25, -0.2) is 0 Å². The molecular weight excluding hydrogens is 298 g/mol. The molecule has 2 N–H and O–H groups in total. The molecule has 5 heteroatoms. The Morgan fingerprint density at radius 2 is 1.39 bits per heavy atom. The lowest BCUT2D eigenvalue weighted by atomic mass is 10.1. The smallest absolute Gasteiger partial charge is 0.303 e. The van der Waals surface area contributed by atoms with Crippen LogP contribution in [-0.2, 0) is 9.59 Å². The van der Waals surface area contributed by atoms with Gasteiger partial charge in [0.2, 0.25) is 5.91 Å². The number of hydrogen-bond acceptors (Lipinski definition) is 2. The van der Waals surface area contributed by atoms with Gasteiger partial charge in [-0.3, -0.25) is 9.59 Å². The first-order chi connectivity index (χ1) is 8.66. The molecule has 0 aliphatic rings. The van der Waals surface area contributed by atoms with E-state index in [1.807, 2.05) is 0 Å². The molecule has 0 unspecified atom stereocenters. The second-order valence-corrected chi connectivity index (χ2v) is 5.02. The zero-order valence-corrected chi connectivity index (χ0v) is 12.5. The van der Waals surface area contributed by atoms with Crippen LogP contribution in [0.3, 0.4) is 0 Å². The molecule has 106 valence electrons. The summed E-state index contributed by atoms with van der Waals surface area (Å²) in [6.45, 7) is 0.767. The lowest BCUT2D eigenvalue weighted by molar-refractivity contribution is -0.137. The maximum Gasteiger partial charge on any atom is 0.303 e. The van der Waals surface area contributed by atoms with Crippen LogP contribution < -0.4 is 5.32 Å². The van der Waals surface area contributed by atoms with Crippen molar-refractivity contribution < 1.29 is 14.7 Å². The molecule has 18 heavy (non-hydrogen) atoms. The second-order valence-electron chi connectivity index (χ2n) is 4.46. The minimum Gasteiger partial charge on any atom is -0.481 e. The van der Waals surface area contributed by atoms with Crippen molar-refractivity contribution in [1.29, 1.82) is 0 Å². The quantitative estimate of drug-likeness (QED) is 0.429. The van der Waals surface area contributed by atoms with Crippen LogP contribution in [0.25, 0.3) is 0 Å². The number of carbonyl (C=O) groups is 2. The number of rotatable bonds is 12. The van der Waals surface area contributed by atoms with Gasteiger partial charge in [-0.15, -0.1) is 0 Å². The molecule has 0 aliphatic heterocycles. The molecule has 0 radical (unpaired) electrons. The summed E-state index contributed by atoms with van der Waals surface area (Å²) in [6.07, 6.45) is 9.04. The van der Waals surface area contributed by atoms with Gasteiger partial charge in [0.15, 0.2) is 0 Å². The number of aliphatic carboxylic acids is 1. The third-order valence-corrected chi connectivity index (χ3v) is 3.27. The Kier molecular flexibility index (Phi) is 12.5. The molecular formula is C13H24BrNO3. The van der Waals surface area contributed by atoms with Crippen molar-refractivity contribution in [2.45, 2.75) is 57.8 Å². The van der Waals surface area contributed by atoms with Crippen LogP contribution in [0.4, 0.5) is 0 Å². The number of hydrogen-bond donors (Lipinski definition) is 2. The first-order valence-corrected chi connectivity index (χ1v) is 7.83. The molecule has 0 bridgehead atoms. The van der Waals surface area contributed by atoms with E-state index in [0.29, 0.717) is 11.8 Å². The molecule has 0 saturated heterocycles. The van der Waals surface area contributed by atoms with Gasteiger partial charge < -0.3 is 10.4 Å². The SMILES string of the molecule is O=C(O)CCCCCCCCCCNC(=O)CBr. The molecule has 4 nitrogen and oxygen atoms in total. The fourth-order valence-electron chi connectivity index (χ4n) is 1.74. The van der Waals surface area contributed by atoms with Gasteiger partial charge in [0.1, 0.15) is 0 Å². The van der Waals surface area contributed by atoms with Crippen molar-refractivity contribution in [2.24, 2.45) is 0 Å². The summed E-state index contributed by atoms with van der Waals surface area (Å²) < 4.78 is 0. The highest BCUT2D eigenvalue weighted by Crippen LogP contribution is 2.09. The Hall–Kier alpha value is -0.580. The maximum atomic E-state index is 10.9. The predicted octanol–water partition coefficient (Wildman–Crippen LogP) is 3.09. The molecule has 0 spiro atoms. The van der Waals surface area contributed by atoms with Crippen LogP contribution in [0.5, 0.6) is 0 Å². The highest BCUT2D eigenvalue weighted by molar-refractivity contribution is 9.09. The largest absolute Gasteiger partial charge is 0.481 e. The number of carboxylic acid groups (broad SMARTS) is 1. The average molecular weight is 322 g/mol. The van der Waals surface area contributed by atoms with E-state index in [4.69, 9.17) is 5.11 Å². The molecule has 0 heterocycles. The molecule has 0 atom stereocenters. The Balaban J connectivity index is 3.03. The van der Waals surface area contributed by atoms with Gasteiger partial charge in [0, 0.05) is 13.0 Å². The van der Waals surface area contributed by atoms with Crippen molar-refractivity contribution in [3.05, 3.63) is 0 Å². The number of alkyl halides is 1. The molecule has 0 aromatic carbocycles. The molecule has 0 rings (SSSR count). The normalized spacial score (nSPS) is 10.3. The number of carboxylic acids is 1. The van der Waals surface area contributed by atoms with Crippen molar-refractivity contribution in [2.75, 3.05) is 11.9 Å². The van der Waals surface area contributed by atoms with Gasteiger partial charge in [-0.1, -0.05) is 54.5 Å². The number of unbranched alkanes of at least 4 members (excludes halogenated alkanes) is 7. The summed E-state index contributed by atoms with van der Waals surface area (Å²) >= 11 is 3.10. The van der Waals surface area contributed by atoms with E-state index >= 15 is 0 Å². The summed E-state index contributed by atoms with van der Waals surface area (Å²) in [5.41, 5.74) is 0. The Morgan fingerprint density at radius 3 is 1.89 bits per heavy atom. The van der Waals surface area contributed by atoms with Crippen molar-refractivity contribution in [1.82, 2.24) is 5.32 Å². The van der Waals surface area contributed by atoms with E-state index in [1.165, 1.54) is 19.3 Å². The maximum absolute atomic E-state index is 10.9. The number of nitrogens with one attached hydrogen (secondary N) is 1. The molecule has 1 amide bonds. The van der Waals surface area contributed by atoms with Gasteiger partial charge in [-0.2, -0.15) is 0 Å². The number of amides is 1. The highest BCUT2D eigenvalue weighted by atomic mass is 79.9. The van der Waals surface area contributed by atoms with Crippen molar-refractivity contribution >= 4 is 27.8 Å². The minimum absolute atomic E-state index is 0.0495. The van der Waals surface area contributed by atoms with E-state index in [-0.39, 0.29) is 5.91 Å². The monoisotopic (exact) mass is 321 g/mol. The van der Waals surface area contributed by atoms with Crippen LogP contribution >= 0.6 is 15.9 Å². The van der Waals surface area contributed by atoms with Crippen LogP contribution in [0.2, 0.25) is 0 Å². The lowest BCUT2D eigenvalue weighted by Crippen LogP contribution is -2.25. The fourth-order valence-corrected chi connectivity index (χ4v) is 1.94. The first kappa shape index (κ1) is 17.4. The highest BCUT2D eigenvalue weighted by Gasteiger charge is 1.97. The first-order valence-electron chi connectivity index (χ1n) is 6.71. The van der Waals surface area contributed by atoms with Gasteiger partial charge >= 0.3 is 5.97 Å². The Bertz CT molecular complexity index is 234. The third kappa shape index (κ3) is 13.5. The second kappa shape index (κ2) is 12.9. The summed E-state index contributed by atoms with van der Waals surface area (Å²) in [4.78, 5) is 21.2. The topological polar surface area (TPSA) is 66.4 Å². The fraction of sp³-hybridized carbons (Fsp3) is 0.846. The lowest BCUT2D eigenvalue weighted by Gasteiger charge is -2.03. The van der Waals surface area contributed by atoms with E-state index in [1.54, 1.807) is 0 Å². The summed E-state index contributed by atoms with van der Waals surface area (Å²) in [5.74, 6) is -0.644. The molecule has 0 fully saturated rings. The van der Waals surface area contributed by atoms with Gasteiger partial charge in [-0.05, 0) is 12.8 Å². The number of halogens is 1. The van der Waals surface area contributed by atoms with Crippen LogP contribution in [0.15, 0.2) is 0 Å². The Morgan fingerprint density at radius 1 is 0.889 bits per heavy atom. The van der Waals surface area contributed by atoms with Crippen molar-refractivity contribution in [3.63, 3.8) is 0 Å². The average Bonchev–Trinajstić information content (AvgIpc) is 2.35. The van der Waals surface area contributed by atoms with Gasteiger partial charge in [0.05, 0.1) is 5.33 Å². The molecule has 0 aliphatic carbocycles. The Labute approximate surface area is 118 Å². The minimum atomic E-state index is -0.694. The predicted molar refractivity (Wildman–Crippen MR) is 76.0 cm³/mol. The zero-order valence-electron chi connectivity index (χ0n) is 10.9. The third-order valence-electron chi connectivity index (χ3n) is 2.76. The van der Waals surface area contributed by atoms with Crippen LogP contribution in [0.1, 0.15) is 57.8 Å². The van der Waals surface area contributed by atoms with E-state index in [2.05, 4.69) is 21.2 Å². The standard InChI is InChI=1S/C13H24BrNO3/c14-11-12(16)15-10-8-6-4-2-1-3-5-7-9-13(17)18/h1-11H2,(H,15,16)(H,17,18).